The van der Waals surface area contributed by atoms with Crippen LogP contribution < -0.4 is 17.0 Å². The first kappa shape index (κ1) is 23.9. The Hall–Kier alpha value is -1.26. The van der Waals surface area contributed by atoms with Crippen molar-refractivity contribution >= 4 is 34.8 Å². The number of aromatic nitrogens is 1. The normalized spacial score (nSPS) is 27.7. The van der Waals surface area contributed by atoms with E-state index in [9.17, 15) is 9.59 Å². The molecule has 3 saturated heterocycles. The molecular formula is C22H28BrClN4O3S. The van der Waals surface area contributed by atoms with Gasteiger partial charge in [-0.05, 0) is 31.5 Å². The van der Waals surface area contributed by atoms with Gasteiger partial charge in [0.15, 0.2) is 0 Å². The third kappa shape index (κ3) is 4.07. The molecule has 2 aromatic rings. The number of hydrogen-bond acceptors (Lipinski definition) is 6. The molecule has 2 amide bonds. The number of fused-ring (bicyclic) bond motifs is 3. The number of nitrogens with zero attached hydrogens (tertiary/aromatic N) is 4. The monoisotopic (exact) mass is 542 g/mol. The Bertz CT molecular complexity index is 1020. The highest BCUT2D eigenvalue weighted by Crippen LogP contribution is 2.53. The molecule has 0 aliphatic carbocycles. The molecule has 2 aromatic heterocycles. The molecule has 0 spiro atoms. The van der Waals surface area contributed by atoms with Gasteiger partial charge in [-0.25, -0.2) is 4.98 Å². The number of oxazole rings is 1. The summed E-state index contributed by atoms with van der Waals surface area (Å²) in [5, 5.41) is 0. The van der Waals surface area contributed by atoms with Gasteiger partial charge in [0.2, 0.25) is 17.7 Å². The minimum Gasteiger partial charge on any atom is -1.00 e. The zero-order chi connectivity index (χ0) is 21.9. The number of carbonyl (C=O) groups is 2. The van der Waals surface area contributed by atoms with Gasteiger partial charge >= 0.3 is 0 Å². The maximum atomic E-state index is 13.4. The van der Waals surface area contributed by atoms with Crippen LogP contribution in [0.1, 0.15) is 31.0 Å². The number of halogens is 2. The first-order chi connectivity index (χ1) is 14.7. The topological polar surface area (TPSA) is 66.7 Å². The number of carbonyl (C=O) groups excluding carboxylic acids is 2. The summed E-state index contributed by atoms with van der Waals surface area (Å²) in [5.74, 6) is -0.154. The molecule has 7 nitrogen and oxygen atoms in total. The van der Waals surface area contributed by atoms with Crippen molar-refractivity contribution in [2.45, 2.75) is 31.3 Å². The van der Waals surface area contributed by atoms with E-state index >= 15 is 0 Å². The fourth-order valence-corrected chi connectivity index (χ4v) is 6.48. The lowest BCUT2D eigenvalue weighted by Crippen LogP contribution is -3.00. The average Bonchev–Trinajstić information content (AvgIpc) is 3.47. The fraction of sp³-hybridized carbons (Fsp3) is 0.591. The van der Waals surface area contributed by atoms with Crippen LogP contribution >= 0.6 is 22.9 Å². The second kappa shape index (κ2) is 8.83. The molecule has 0 unspecified atom stereocenters. The van der Waals surface area contributed by atoms with Crippen molar-refractivity contribution in [1.29, 1.82) is 0 Å². The number of thiophene rings is 1. The van der Waals surface area contributed by atoms with Crippen molar-refractivity contribution in [3.05, 3.63) is 28.4 Å². The van der Waals surface area contributed by atoms with E-state index in [0.717, 1.165) is 47.4 Å². The Morgan fingerprint density at radius 3 is 2.66 bits per heavy atom. The van der Waals surface area contributed by atoms with Gasteiger partial charge in [-0.1, -0.05) is 11.6 Å². The summed E-state index contributed by atoms with van der Waals surface area (Å²) in [5.41, 5.74) is 0.744. The summed E-state index contributed by atoms with van der Waals surface area (Å²) in [6.07, 6.45) is 4.46. The van der Waals surface area contributed by atoms with Crippen molar-refractivity contribution in [2.24, 2.45) is 11.8 Å². The summed E-state index contributed by atoms with van der Waals surface area (Å²) in [7, 11) is 6.37. The van der Waals surface area contributed by atoms with Crippen LogP contribution in [0.2, 0.25) is 4.34 Å². The van der Waals surface area contributed by atoms with Crippen LogP contribution in [0.25, 0.3) is 10.8 Å². The third-order valence-electron chi connectivity index (χ3n) is 6.76. The van der Waals surface area contributed by atoms with Crippen molar-refractivity contribution in [3.8, 4) is 10.8 Å². The molecule has 0 bridgehead atoms. The molecule has 10 heteroatoms. The van der Waals surface area contributed by atoms with Gasteiger partial charge < -0.3 is 25.9 Å². The van der Waals surface area contributed by atoms with Crippen LogP contribution in [-0.2, 0) is 9.59 Å². The zero-order valence-corrected chi connectivity index (χ0v) is 21.6. The first-order valence-electron chi connectivity index (χ1n) is 10.9. The molecule has 0 saturated carbocycles. The Kier molecular flexibility index (Phi) is 6.59. The molecule has 5 rings (SSSR count). The molecule has 3 fully saturated rings. The summed E-state index contributed by atoms with van der Waals surface area (Å²) in [4.78, 5) is 36.2. The number of rotatable bonds is 6. The molecule has 0 N–H and O–H groups in total. The van der Waals surface area contributed by atoms with Crippen LogP contribution in [0.3, 0.4) is 0 Å². The minimum absolute atomic E-state index is 0. The smallest absolute Gasteiger partial charge is 0.236 e. The quantitative estimate of drug-likeness (QED) is 0.387. The summed E-state index contributed by atoms with van der Waals surface area (Å²) in [6, 6.07) is 3.62. The first-order valence-corrected chi connectivity index (χ1v) is 12.1. The number of amides is 2. The highest BCUT2D eigenvalue weighted by Gasteiger charge is 2.63. The summed E-state index contributed by atoms with van der Waals surface area (Å²) >= 11 is 7.48. The lowest BCUT2D eigenvalue weighted by atomic mass is 9.87. The highest BCUT2D eigenvalue weighted by atomic mass is 79.9. The standard InChI is InChI=1S/C22H28ClN4O3S.BrH/c1-27(2,3)11-5-10-26-21(28)17-14-6-4-9-25(14)19(18(17)22(26)29)13-12-30-20(24-13)15-7-8-16(23)31-15;/h7-8,12,14,17-19H,4-6,9-11H2,1-3H3;1H/q+1;/p-1/t14-,17-,18-,19-;/m0./s1. The van der Waals surface area contributed by atoms with Crippen LogP contribution in [0.15, 0.2) is 22.8 Å². The Morgan fingerprint density at radius 2 is 1.97 bits per heavy atom. The Balaban J connectivity index is 0.00000245. The second-order valence-electron chi connectivity index (χ2n) is 9.82. The van der Waals surface area contributed by atoms with Gasteiger partial charge in [0.1, 0.15) is 6.26 Å². The van der Waals surface area contributed by atoms with Crippen LogP contribution in [0.4, 0.5) is 0 Å². The van der Waals surface area contributed by atoms with E-state index < -0.39 is 0 Å². The van der Waals surface area contributed by atoms with Crippen LogP contribution in [0.5, 0.6) is 0 Å². The Morgan fingerprint density at radius 1 is 1.22 bits per heavy atom. The van der Waals surface area contributed by atoms with E-state index in [2.05, 4.69) is 26.0 Å². The van der Waals surface area contributed by atoms with E-state index in [4.69, 9.17) is 21.0 Å². The molecular weight excluding hydrogens is 516 g/mol. The van der Waals surface area contributed by atoms with Crippen LogP contribution in [-0.4, -0.2) is 77.9 Å². The van der Waals surface area contributed by atoms with Crippen LogP contribution in [0, 0.1) is 11.8 Å². The predicted molar refractivity (Wildman–Crippen MR) is 119 cm³/mol. The Labute approximate surface area is 207 Å². The maximum Gasteiger partial charge on any atom is 0.236 e. The molecule has 0 aromatic carbocycles. The van der Waals surface area contributed by atoms with E-state index in [1.807, 2.05) is 12.1 Å². The minimum atomic E-state index is -0.369. The van der Waals surface area contributed by atoms with Gasteiger partial charge in [0, 0.05) is 19.0 Å². The van der Waals surface area contributed by atoms with Crippen molar-refractivity contribution in [1.82, 2.24) is 14.8 Å². The van der Waals surface area contributed by atoms with E-state index in [0.29, 0.717) is 16.8 Å². The van der Waals surface area contributed by atoms with Crippen molar-refractivity contribution in [2.75, 3.05) is 40.8 Å². The lowest BCUT2D eigenvalue weighted by molar-refractivity contribution is -0.870. The highest BCUT2D eigenvalue weighted by molar-refractivity contribution is 7.19. The van der Waals surface area contributed by atoms with Gasteiger partial charge in [0.25, 0.3) is 0 Å². The molecule has 32 heavy (non-hydrogen) atoms. The molecule has 3 aliphatic heterocycles. The molecule has 5 heterocycles. The molecule has 4 atom stereocenters. The second-order valence-corrected chi connectivity index (χ2v) is 11.5. The van der Waals surface area contributed by atoms with E-state index in [1.54, 1.807) is 6.26 Å². The van der Waals surface area contributed by atoms with Gasteiger partial charge in [0.05, 0.1) is 60.5 Å². The van der Waals surface area contributed by atoms with Gasteiger partial charge in [-0.2, -0.15) is 0 Å². The third-order valence-corrected chi connectivity index (χ3v) is 7.98. The summed E-state index contributed by atoms with van der Waals surface area (Å²) < 4.78 is 7.26. The SMILES string of the molecule is C[N+](C)(C)CCCN1C(=O)[C@@H]2[C@H](C1=O)[C@H](c1coc(-c3ccc(Cl)s3)n1)N1CCC[C@@H]21.[Br-]. The number of likely N-dealkylation sites (tertiary alicyclic amines) is 1. The van der Waals surface area contributed by atoms with E-state index in [1.165, 1.54) is 16.2 Å². The average molecular weight is 544 g/mol. The number of quaternary nitrogens is 1. The molecule has 174 valence electrons. The lowest BCUT2D eigenvalue weighted by Gasteiger charge is -2.28. The maximum absolute atomic E-state index is 13.4. The van der Waals surface area contributed by atoms with Gasteiger partial charge in [-0.15, -0.1) is 11.3 Å². The van der Waals surface area contributed by atoms with E-state index in [-0.39, 0.29) is 52.7 Å². The number of hydrogen-bond donors (Lipinski definition) is 0. The van der Waals surface area contributed by atoms with Crippen molar-refractivity contribution in [3.63, 3.8) is 0 Å². The van der Waals surface area contributed by atoms with Crippen molar-refractivity contribution < 1.29 is 35.5 Å². The van der Waals surface area contributed by atoms with Gasteiger partial charge in [-0.3, -0.25) is 19.4 Å². The number of imide groups is 1. The largest absolute Gasteiger partial charge is 1.00 e. The fourth-order valence-electron chi connectivity index (χ4n) is 5.51. The predicted octanol–water partition coefficient (Wildman–Crippen LogP) is 0.277. The molecule has 3 aliphatic rings. The zero-order valence-electron chi connectivity index (χ0n) is 18.5. The summed E-state index contributed by atoms with van der Waals surface area (Å²) in [6.45, 7) is 2.30. The molecule has 0 radical (unpaired) electrons.